The van der Waals surface area contributed by atoms with Crippen LogP contribution in [0.1, 0.15) is 6.23 Å². The monoisotopic (exact) mass is 346 g/mol. The van der Waals surface area contributed by atoms with Crippen molar-refractivity contribution in [2.45, 2.75) is 24.5 Å². The van der Waals surface area contributed by atoms with E-state index in [-0.39, 0.29) is 19.5 Å². The Balaban J connectivity index is 0.00000162. The molecule has 0 spiro atoms. The smallest absolute Gasteiger partial charge is 0.330 e. The van der Waals surface area contributed by atoms with E-state index in [1.54, 1.807) is 0 Å². The summed E-state index contributed by atoms with van der Waals surface area (Å²) in [6.07, 6.45) is -3.58. The Morgan fingerprint density at radius 3 is 2.50 bits per heavy atom. The molecule has 1 aliphatic rings. The fraction of sp³-hybridized carbons (Fsp3) is 0.556. The van der Waals surface area contributed by atoms with Gasteiger partial charge >= 0.3 is 5.69 Å². The standard InChI is InChI=1S/C9H12N2O6.Ru/c12-3-4-6(14)7(15)8(17-4)11-2-1-5(13)10-9(11)16;/h1-2,4,6-8,12,14-15H,3H2,(H,10,13,16);/t4-,6-,7-,8-;/m1./s1. The Morgan fingerprint density at radius 1 is 1.33 bits per heavy atom. The zero-order valence-electron chi connectivity index (χ0n) is 9.04. The average Bonchev–Trinajstić information content (AvgIpc) is 2.57. The number of hydrogen-bond donors (Lipinski definition) is 4. The van der Waals surface area contributed by atoms with Crippen molar-refractivity contribution in [3.63, 3.8) is 0 Å². The number of aromatic nitrogens is 2. The summed E-state index contributed by atoms with van der Waals surface area (Å²) < 4.78 is 6.08. The van der Waals surface area contributed by atoms with Gasteiger partial charge < -0.3 is 20.1 Å². The summed E-state index contributed by atoms with van der Waals surface area (Å²) in [5.41, 5.74) is -1.33. The van der Waals surface area contributed by atoms with Crippen molar-refractivity contribution in [3.05, 3.63) is 33.1 Å². The van der Waals surface area contributed by atoms with Gasteiger partial charge in [-0.15, -0.1) is 0 Å². The molecule has 1 aromatic rings. The van der Waals surface area contributed by atoms with E-state index in [2.05, 4.69) is 0 Å². The van der Waals surface area contributed by atoms with Crippen molar-refractivity contribution < 1.29 is 39.5 Å². The Bertz CT molecular complexity index is 514. The number of H-pyrrole nitrogens is 1. The number of nitrogens with one attached hydrogen (secondary N) is 1. The maximum absolute atomic E-state index is 11.4. The maximum atomic E-state index is 11.4. The number of aromatic amines is 1. The van der Waals surface area contributed by atoms with Gasteiger partial charge in [0.1, 0.15) is 18.3 Å². The van der Waals surface area contributed by atoms with E-state index in [1.807, 2.05) is 4.98 Å². The zero-order chi connectivity index (χ0) is 12.6. The Kier molecular flexibility index (Phi) is 4.95. The van der Waals surface area contributed by atoms with Crippen LogP contribution in [0, 0.1) is 0 Å². The predicted molar refractivity (Wildman–Crippen MR) is 54.3 cm³/mol. The molecule has 1 aliphatic heterocycles. The number of aliphatic hydroxyl groups excluding tert-OH is 3. The molecule has 0 aromatic carbocycles. The largest absolute Gasteiger partial charge is 0.394 e. The molecular formula is C9H12N2O6Ru. The summed E-state index contributed by atoms with van der Waals surface area (Å²) in [7, 11) is 0. The molecule has 1 aromatic heterocycles. The van der Waals surface area contributed by atoms with Crippen LogP contribution < -0.4 is 11.2 Å². The van der Waals surface area contributed by atoms with Crippen LogP contribution in [-0.2, 0) is 24.2 Å². The van der Waals surface area contributed by atoms with E-state index in [0.29, 0.717) is 0 Å². The fourth-order valence-electron chi connectivity index (χ4n) is 1.74. The van der Waals surface area contributed by atoms with Crippen LogP contribution in [-0.4, -0.2) is 49.8 Å². The minimum Gasteiger partial charge on any atom is -0.394 e. The third-order valence-corrected chi connectivity index (χ3v) is 2.64. The van der Waals surface area contributed by atoms with Crippen LogP contribution in [0.15, 0.2) is 21.9 Å². The molecular weight excluding hydrogens is 333 g/mol. The molecule has 0 unspecified atom stereocenters. The predicted octanol–water partition coefficient (Wildman–Crippen LogP) is -2.85. The van der Waals surface area contributed by atoms with E-state index in [4.69, 9.17) is 9.84 Å². The number of nitrogens with zero attached hydrogens (tertiary/aromatic N) is 1. The first kappa shape index (κ1) is 15.2. The van der Waals surface area contributed by atoms with Crippen LogP contribution in [0.3, 0.4) is 0 Å². The van der Waals surface area contributed by atoms with E-state index < -0.39 is 42.4 Å². The van der Waals surface area contributed by atoms with Gasteiger partial charge in [0.25, 0.3) is 5.56 Å². The van der Waals surface area contributed by atoms with Gasteiger partial charge in [0.15, 0.2) is 6.23 Å². The topological polar surface area (TPSA) is 125 Å². The maximum Gasteiger partial charge on any atom is 0.330 e. The fourth-order valence-corrected chi connectivity index (χ4v) is 1.74. The van der Waals surface area contributed by atoms with Crippen LogP contribution in [0.2, 0.25) is 0 Å². The molecule has 1 fully saturated rings. The minimum atomic E-state index is -1.35. The second-order valence-electron chi connectivity index (χ2n) is 3.75. The molecule has 0 aliphatic carbocycles. The van der Waals surface area contributed by atoms with Gasteiger partial charge in [0, 0.05) is 31.7 Å². The van der Waals surface area contributed by atoms with Gasteiger partial charge in [-0.25, -0.2) is 4.79 Å². The van der Waals surface area contributed by atoms with Crippen LogP contribution in [0.4, 0.5) is 0 Å². The van der Waals surface area contributed by atoms with Crippen LogP contribution in [0.25, 0.3) is 0 Å². The summed E-state index contributed by atoms with van der Waals surface area (Å²) in [5, 5.41) is 28.1. The molecule has 2 rings (SSSR count). The van der Waals surface area contributed by atoms with Gasteiger partial charge in [-0.05, 0) is 0 Å². The van der Waals surface area contributed by atoms with Gasteiger partial charge in [-0.3, -0.25) is 14.3 Å². The Morgan fingerprint density at radius 2 is 2.00 bits per heavy atom. The van der Waals surface area contributed by atoms with Crippen molar-refractivity contribution in [3.8, 4) is 0 Å². The summed E-state index contributed by atoms with van der Waals surface area (Å²) in [4.78, 5) is 24.3. The third kappa shape index (κ3) is 2.60. The second-order valence-corrected chi connectivity index (χ2v) is 3.75. The number of hydrogen-bond acceptors (Lipinski definition) is 6. The summed E-state index contributed by atoms with van der Waals surface area (Å²) in [6.45, 7) is -0.479. The normalized spacial score (nSPS) is 31.1. The number of ether oxygens (including phenoxy) is 1. The average molecular weight is 345 g/mol. The molecule has 9 heteroatoms. The van der Waals surface area contributed by atoms with Crippen molar-refractivity contribution in [1.29, 1.82) is 0 Å². The molecule has 4 atom stereocenters. The molecule has 0 radical (unpaired) electrons. The first-order valence-electron chi connectivity index (χ1n) is 4.98. The number of aliphatic hydroxyl groups is 3. The molecule has 18 heavy (non-hydrogen) atoms. The van der Waals surface area contributed by atoms with Gasteiger partial charge in [0.2, 0.25) is 0 Å². The first-order chi connectivity index (χ1) is 8.04. The van der Waals surface area contributed by atoms with E-state index in [9.17, 15) is 19.8 Å². The van der Waals surface area contributed by atoms with Gasteiger partial charge in [0.05, 0.1) is 6.61 Å². The quantitative estimate of drug-likeness (QED) is 0.428. The van der Waals surface area contributed by atoms with Crippen LogP contribution >= 0.6 is 0 Å². The van der Waals surface area contributed by atoms with Gasteiger partial charge in [-0.2, -0.15) is 0 Å². The molecule has 102 valence electrons. The summed E-state index contributed by atoms with van der Waals surface area (Å²) in [5.74, 6) is 0. The SMILES string of the molecule is O=c1ccn([C@@H]2O[C@H](CO)[C@@H](O)[C@H]2O)c(=O)[nH]1.[Ru]. The summed E-state index contributed by atoms with van der Waals surface area (Å²) in [6, 6.07) is 1.09. The molecule has 4 N–H and O–H groups in total. The Hall–Kier alpha value is -0.857. The van der Waals surface area contributed by atoms with Crippen molar-refractivity contribution >= 4 is 0 Å². The molecule has 8 nitrogen and oxygen atoms in total. The first-order valence-corrected chi connectivity index (χ1v) is 4.98. The minimum absolute atomic E-state index is 0. The van der Waals surface area contributed by atoms with Crippen molar-refractivity contribution in [2.75, 3.05) is 6.61 Å². The molecule has 0 saturated carbocycles. The molecule has 0 bridgehead atoms. The van der Waals surface area contributed by atoms with Crippen molar-refractivity contribution in [1.82, 2.24) is 9.55 Å². The third-order valence-electron chi connectivity index (χ3n) is 2.64. The van der Waals surface area contributed by atoms with Crippen molar-refractivity contribution in [2.24, 2.45) is 0 Å². The summed E-state index contributed by atoms with van der Waals surface area (Å²) >= 11 is 0. The molecule has 0 amide bonds. The Labute approximate surface area is 114 Å². The van der Waals surface area contributed by atoms with E-state index >= 15 is 0 Å². The second kappa shape index (κ2) is 5.86. The van der Waals surface area contributed by atoms with Crippen LogP contribution in [0.5, 0.6) is 0 Å². The molecule has 2 heterocycles. The zero-order valence-corrected chi connectivity index (χ0v) is 10.8. The number of rotatable bonds is 2. The molecule has 1 saturated heterocycles. The van der Waals surface area contributed by atoms with Gasteiger partial charge in [-0.1, -0.05) is 0 Å². The van der Waals surface area contributed by atoms with E-state index in [0.717, 1.165) is 16.8 Å². The van der Waals surface area contributed by atoms with E-state index in [1.165, 1.54) is 0 Å².